The lowest BCUT2D eigenvalue weighted by atomic mass is 10.1. The van der Waals surface area contributed by atoms with E-state index >= 15 is 0 Å². The Hall–Kier alpha value is -2.40. The van der Waals surface area contributed by atoms with Gasteiger partial charge in [-0.05, 0) is 26.8 Å². The molecule has 3 rings (SSSR count). The van der Waals surface area contributed by atoms with Crippen LogP contribution in [0.5, 0.6) is 0 Å². The average molecular weight is 405 g/mol. The highest BCUT2D eigenvalue weighted by molar-refractivity contribution is 6.31. The molecule has 1 amide bonds. The smallest absolute Gasteiger partial charge is 0.362 e. The number of aliphatic hydroxyl groups is 1. The molecule has 2 aromatic heterocycles. The normalized spacial score (nSPS) is 20.3. The van der Waals surface area contributed by atoms with Gasteiger partial charge in [-0.25, -0.2) is 4.68 Å². The maximum Gasteiger partial charge on any atom is 0.438 e. The first-order valence-corrected chi connectivity index (χ1v) is 8.22. The van der Waals surface area contributed by atoms with E-state index < -0.39 is 24.2 Å². The summed E-state index contributed by atoms with van der Waals surface area (Å²) in [5, 5.41) is 22.3. The van der Waals surface area contributed by atoms with Crippen molar-refractivity contribution in [3.05, 3.63) is 34.4 Å². The van der Waals surface area contributed by atoms with Crippen LogP contribution in [0.2, 0.25) is 5.02 Å². The van der Waals surface area contributed by atoms with Crippen molar-refractivity contribution in [1.29, 1.82) is 0 Å². The molecule has 12 heteroatoms. The van der Waals surface area contributed by atoms with Gasteiger partial charge >= 0.3 is 6.18 Å². The molecule has 1 aliphatic heterocycles. The van der Waals surface area contributed by atoms with Crippen LogP contribution in [0.4, 0.5) is 13.2 Å². The van der Waals surface area contributed by atoms with E-state index in [1.54, 1.807) is 18.5 Å². The highest BCUT2D eigenvalue weighted by Gasteiger charge is 2.63. The zero-order valence-electron chi connectivity index (χ0n) is 14.6. The first-order chi connectivity index (χ1) is 12.4. The van der Waals surface area contributed by atoms with Crippen LogP contribution in [0.1, 0.15) is 35.2 Å². The molecule has 0 saturated carbocycles. The van der Waals surface area contributed by atoms with Gasteiger partial charge in [-0.3, -0.25) is 9.48 Å². The third kappa shape index (κ3) is 3.21. The molecular formula is C15H16ClF3N6O2. The minimum atomic E-state index is -5.06. The van der Waals surface area contributed by atoms with Gasteiger partial charge in [-0.15, -0.1) is 0 Å². The van der Waals surface area contributed by atoms with Crippen LogP contribution in [0.25, 0.3) is 0 Å². The fraction of sp³-hybridized carbons (Fsp3) is 0.467. The Bertz CT molecular complexity index is 935. The van der Waals surface area contributed by atoms with Crippen LogP contribution in [-0.2, 0) is 6.67 Å². The second-order valence-corrected chi connectivity index (χ2v) is 6.69. The van der Waals surface area contributed by atoms with E-state index in [2.05, 4.69) is 15.3 Å². The minimum absolute atomic E-state index is 0.0140. The summed E-state index contributed by atoms with van der Waals surface area (Å²) in [7, 11) is 0. The first kappa shape index (κ1) is 19.4. The fourth-order valence-electron chi connectivity index (χ4n) is 2.77. The number of nitrogens with zero attached hydrogens (tertiary/aromatic N) is 6. The maximum atomic E-state index is 13.3. The van der Waals surface area contributed by atoms with Gasteiger partial charge in [0, 0.05) is 18.3 Å². The van der Waals surface area contributed by atoms with Crippen LogP contribution in [-0.4, -0.2) is 53.2 Å². The number of rotatable bonds is 3. The summed E-state index contributed by atoms with van der Waals surface area (Å²) in [4.78, 5) is 12.5. The van der Waals surface area contributed by atoms with Gasteiger partial charge < -0.3 is 5.11 Å². The quantitative estimate of drug-likeness (QED) is 0.850. The largest absolute Gasteiger partial charge is 0.438 e. The SMILES string of the molecule is CC1=NN(C(=O)c2ccn(Cn3nc(C)c(Cl)c3C)n2)C(O)(C(F)(F)F)C1. The number of hydrazone groups is 1. The second-order valence-electron chi connectivity index (χ2n) is 6.31. The number of aryl methyl sites for hydroxylation is 1. The number of hydrogen-bond acceptors (Lipinski definition) is 5. The predicted octanol–water partition coefficient (Wildman–Crippen LogP) is 2.33. The lowest BCUT2D eigenvalue weighted by Gasteiger charge is -2.32. The fourth-order valence-corrected chi connectivity index (χ4v) is 2.90. The summed E-state index contributed by atoms with van der Waals surface area (Å²) in [5.41, 5.74) is -2.39. The second kappa shape index (κ2) is 6.34. The van der Waals surface area contributed by atoms with Crippen molar-refractivity contribution in [3.8, 4) is 0 Å². The number of halogens is 4. The van der Waals surface area contributed by atoms with Gasteiger partial charge in [-0.2, -0.15) is 33.5 Å². The molecule has 0 fully saturated rings. The molecule has 1 atom stereocenters. The topological polar surface area (TPSA) is 88.5 Å². The van der Waals surface area contributed by atoms with Crippen LogP contribution < -0.4 is 0 Å². The first-order valence-electron chi connectivity index (χ1n) is 7.85. The predicted molar refractivity (Wildman–Crippen MR) is 89.2 cm³/mol. The Labute approximate surface area is 156 Å². The van der Waals surface area contributed by atoms with E-state index in [0.29, 0.717) is 16.4 Å². The number of carbonyl (C=O) groups is 1. The standard InChI is InChI=1S/C15H16ClF3N6O2/c1-8-6-14(27,15(17,18)19)25(20-8)13(26)11-4-5-23(22-11)7-24-10(3)12(16)9(2)21-24/h4-5,27H,6-7H2,1-3H3. The maximum absolute atomic E-state index is 13.3. The van der Waals surface area contributed by atoms with Crippen molar-refractivity contribution in [2.24, 2.45) is 5.10 Å². The Morgan fingerprint density at radius 3 is 2.56 bits per heavy atom. The van der Waals surface area contributed by atoms with Crippen LogP contribution >= 0.6 is 11.6 Å². The van der Waals surface area contributed by atoms with Gasteiger partial charge in [-0.1, -0.05) is 11.6 Å². The summed E-state index contributed by atoms with van der Waals surface area (Å²) >= 11 is 6.07. The van der Waals surface area contributed by atoms with Crippen LogP contribution in [0.3, 0.4) is 0 Å². The van der Waals surface area contributed by atoms with Crippen LogP contribution in [0, 0.1) is 13.8 Å². The summed E-state index contributed by atoms with van der Waals surface area (Å²) in [6.07, 6.45) is -4.46. The number of aromatic nitrogens is 4. The minimum Gasteiger partial charge on any atom is -0.362 e. The Kier molecular flexibility index (Phi) is 4.55. The van der Waals surface area contributed by atoms with E-state index in [9.17, 15) is 23.1 Å². The van der Waals surface area contributed by atoms with Crippen molar-refractivity contribution in [3.63, 3.8) is 0 Å². The molecule has 0 saturated heterocycles. The molecule has 0 bridgehead atoms. The summed E-state index contributed by atoms with van der Waals surface area (Å²) in [6.45, 7) is 4.90. The molecule has 27 heavy (non-hydrogen) atoms. The lowest BCUT2D eigenvalue weighted by molar-refractivity contribution is -0.297. The van der Waals surface area contributed by atoms with E-state index in [1.807, 2.05) is 0 Å². The molecule has 0 spiro atoms. The Morgan fingerprint density at radius 1 is 1.33 bits per heavy atom. The molecule has 8 nitrogen and oxygen atoms in total. The van der Waals surface area contributed by atoms with E-state index in [0.717, 1.165) is 0 Å². The van der Waals surface area contributed by atoms with Gasteiger partial charge in [0.15, 0.2) is 5.69 Å². The highest BCUT2D eigenvalue weighted by Crippen LogP contribution is 2.40. The van der Waals surface area contributed by atoms with Crippen molar-refractivity contribution in [2.75, 3.05) is 0 Å². The number of carbonyl (C=O) groups excluding carboxylic acids is 1. The third-order valence-electron chi connectivity index (χ3n) is 4.20. The summed E-state index contributed by atoms with van der Waals surface area (Å²) in [6, 6.07) is 1.25. The van der Waals surface area contributed by atoms with Gasteiger partial charge in [0.1, 0.15) is 6.67 Å². The van der Waals surface area contributed by atoms with E-state index in [1.165, 1.54) is 23.9 Å². The molecule has 3 heterocycles. The molecule has 1 unspecified atom stereocenters. The Balaban J connectivity index is 1.85. The van der Waals surface area contributed by atoms with Crippen molar-refractivity contribution in [2.45, 2.75) is 45.8 Å². The number of alkyl halides is 3. The molecule has 2 aromatic rings. The van der Waals surface area contributed by atoms with E-state index in [4.69, 9.17) is 11.6 Å². The zero-order chi connectivity index (χ0) is 20.1. The summed E-state index contributed by atoms with van der Waals surface area (Å²) in [5.74, 6) is -1.16. The molecule has 0 aromatic carbocycles. The van der Waals surface area contributed by atoms with Crippen LogP contribution in [0.15, 0.2) is 17.4 Å². The van der Waals surface area contributed by atoms with Crippen molar-refractivity contribution >= 4 is 23.2 Å². The zero-order valence-corrected chi connectivity index (χ0v) is 15.4. The molecule has 146 valence electrons. The van der Waals surface area contributed by atoms with Crippen molar-refractivity contribution < 1.29 is 23.1 Å². The molecule has 1 N–H and O–H groups in total. The third-order valence-corrected chi connectivity index (χ3v) is 4.75. The summed E-state index contributed by atoms with van der Waals surface area (Å²) < 4.78 is 42.6. The average Bonchev–Trinajstić information content (AvgIpc) is 3.21. The monoisotopic (exact) mass is 404 g/mol. The molecule has 1 aliphatic rings. The molecular weight excluding hydrogens is 389 g/mol. The lowest BCUT2D eigenvalue weighted by Crippen LogP contribution is -2.56. The highest BCUT2D eigenvalue weighted by atomic mass is 35.5. The van der Waals surface area contributed by atoms with Gasteiger partial charge in [0.2, 0.25) is 0 Å². The molecule has 0 aliphatic carbocycles. The van der Waals surface area contributed by atoms with E-state index in [-0.39, 0.29) is 23.1 Å². The number of hydrogen-bond donors (Lipinski definition) is 1. The number of amides is 1. The molecule has 0 radical (unpaired) electrons. The van der Waals surface area contributed by atoms with Crippen molar-refractivity contribution in [1.82, 2.24) is 24.6 Å². The Morgan fingerprint density at radius 2 is 2.00 bits per heavy atom. The van der Waals surface area contributed by atoms with Gasteiger partial charge in [0.05, 0.1) is 16.4 Å². The van der Waals surface area contributed by atoms with Gasteiger partial charge in [0.25, 0.3) is 11.6 Å².